The fourth-order valence-corrected chi connectivity index (χ4v) is 1.35. The monoisotopic (exact) mass is 351 g/mol. The van der Waals surface area contributed by atoms with Crippen LogP contribution in [0.2, 0.25) is 0 Å². The third-order valence-corrected chi connectivity index (χ3v) is 2.41. The van der Waals surface area contributed by atoms with Gasteiger partial charge in [-0.05, 0) is 26.2 Å². The zero-order chi connectivity index (χ0) is 14.0. The molecule has 0 aliphatic rings. The van der Waals surface area contributed by atoms with Crippen LogP contribution in [0.4, 0.5) is 0 Å². The van der Waals surface area contributed by atoms with Crippen molar-refractivity contribution in [3.05, 3.63) is 0 Å². The van der Waals surface area contributed by atoms with Crippen molar-refractivity contribution in [1.29, 1.82) is 0 Å². The number of hydrogen-bond acceptors (Lipinski definition) is 5. The van der Waals surface area contributed by atoms with Crippen LogP contribution in [0.3, 0.4) is 0 Å². The van der Waals surface area contributed by atoms with Crippen LogP contribution in [0.15, 0.2) is 0 Å². The first-order chi connectivity index (χ1) is 8.52. The van der Waals surface area contributed by atoms with Crippen molar-refractivity contribution in [3.8, 4) is 0 Å². The van der Waals surface area contributed by atoms with Gasteiger partial charge in [0.25, 0.3) is 0 Å². The van der Waals surface area contributed by atoms with Gasteiger partial charge in [0.05, 0.1) is 5.97 Å². The van der Waals surface area contributed by atoms with Crippen LogP contribution in [0.1, 0.15) is 47.0 Å². The first-order valence-corrected chi connectivity index (χ1v) is 6.61. The van der Waals surface area contributed by atoms with E-state index in [1.165, 1.54) is 6.92 Å². The molecule has 0 rings (SSSR count). The summed E-state index contributed by atoms with van der Waals surface area (Å²) in [5, 5.41) is 11.3. The molecular weight excluding hydrogens is 327 g/mol. The van der Waals surface area contributed by atoms with E-state index in [1.807, 2.05) is 20.8 Å². The van der Waals surface area contributed by atoms with E-state index in [0.717, 1.165) is 19.3 Å². The third-order valence-electron chi connectivity index (χ3n) is 2.41. The summed E-state index contributed by atoms with van der Waals surface area (Å²) in [5.41, 5.74) is -1.57. The van der Waals surface area contributed by atoms with E-state index in [4.69, 9.17) is 14.2 Å². The molecule has 0 aliphatic carbocycles. The summed E-state index contributed by atoms with van der Waals surface area (Å²) in [4.78, 5) is 11.3. The second kappa shape index (κ2) is 12.0. The second-order valence-electron chi connectivity index (χ2n) is 4.32. The van der Waals surface area contributed by atoms with Crippen molar-refractivity contribution in [2.45, 2.75) is 58.8 Å². The van der Waals surface area contributed by atoms with Crippen molar-refractivity contribution < 1.29 is 50.3 Å². The Labute approximate surface area is 135 Å². The molecule has 0 saturated heterocycles. The molecular formula is C13H25O5Zr-. The number of carboxylic acids is 1. The summed E-state index contributed by atoms with van der Waals surface area (Å²) in [7, 11) is 0. The van der Waals surface area contributed by atoms with Gasteiger partial charge >= 0.3 is 0 Å². The Kier molecular flexibility index (Phi) is 13.6. The minimum Gasteiger partial charge on any atom is -0.547 e. The van der Waals surface area contributed by atoms with E-state index >= 15 is 0 Å². The normalized spacial score (nSPS) is 13.9. The minimum absolute atomic E-state index is 0. The molecule has 0 amide bonds. The maximum atomic E-state index is 11.3. The van der Waals surface area contributed by atoms with Gasteiger partial charge in [0.2, 0.25) is 0 Å². The van der Waals surface area contributed by atoms with E-state index in [1.54, 1.807) is 0 Å². The van der Waals surface area contributed by atoms with Gasteiger partial charge in [0, 0.05) is 46.0 Å². The van der Waals surface area contributed by atoms with E-state index in [9.17, 15) is 9.90 Å². The van der Waals surface area contributed by atoms with Crippen LogP contribution in [-0.4, -0.2) is 37.7 Å². The Morgan fingerprint density at radius 1 is 1.05 bits per heavy atom. The van der Waals surface area contributed by atoms with Gasteiger partial charge in [0.15, 0.2) is 11.9 Å². The molecule has 0 spiro atoms. The Balaban J connectivity index is 0. The quantitative estimate of drug-likeness (QED) is 0.521. The smallest absolute Gasteiger partial charge is 0.191 e. The van der Waals surface area contributed by atoms with Crippen LogP contribution < -0.4 is 5.11 Å². The van der Waals surface area contributed by atoms with Crippen LogP contribution in [0.25, 0.3) is 0 Å². The number of carbonyl (C=O) groups is 1. The Bertz CT molecular complexity index is 229. The van der Waals surface area contributed by atoms with E-state index in [0.29, 0.717) is 19.8 Å². The number of carboxylic acid groups (broad SMARTS) is 1. The summed E-state index contributed by atoms with van der Waals surface area (Å²) in [5.74, 6) is -1.31. The minimum atomic E-state index is -1.57. The first kappa shape index (κ1) is 21.5. The second-order valence-corrected chi connectivity index (χ2v) is 4.32. The summed E-state index contributed by atoms with van der Waals surface area (Å²) in [6.07, 6.45) is 1.34. The molecule has 0 fully saturated rings. The van der Waals surface area contributed by atoms with Gasteiger partial charge in [-0.3, -0.25) is 0 Å². The van der Waals surface area contributed by atoms with Crippen LogP contribution in [0.5, 0.6) is 0 Å². The molecule has 6 heteroatoms. The SMILES string of the molecule is CCCOC(OCCC)C(C)(OCCC)C(=O)[O-].[Zr]. The average Bonchev–Trinajstić information content (AvgIpc) is 2.35. The van der Waals surface area contributed by atoms with E-state index in [-0.39, 0.29) is 26.2 Å². The molecule has 0 heterocycles. The number of aliphatic carboxylic acids is 1. The Morgan fingerprint density at radius 3 is 1.79 bits per heavy atom. The summed E-state index contributed by atoms with van der Waals surface area (Å²) < 4.78 is 16.3. The number of carbonyl (C=O) groups excluding carboxylic acids is 1. The van der Waals surface area contributed by atoms with Crippen molar-refractivity contribution >= 4 is 5.97 Å². The molecule has 0 radical (unpaired) electrons. The summed E-state index contributed by atoms with van der Waals surface area (Å²) in [6, 6.07) is 0. The van der Waals surface area contributed by atoms with Gasteiger partial charge in [0.1, 0.15) is 0 Å². The molecule has 0 aromatic carbocycles. The number of rotatable bonds is 11. The molecule has 19 heavy (non-hydrogen) atoms. The zero-order valence-corrected chi connectivity index (χ0v) is 14.8. The zero-order valence-electron chi connectivity index (χ0n) is 12.4. The van der Waals surface area contributed by atoms with Crippen LogP contribution in [0, 0.1) is 0 Å². The van der Waals surface area contributed by atoms with Crippen LogP contribution in [-0.2, 0) is 45.2 Å². The Hall–Kier alpha value is 0.233. The summed E-state index contributed by atoms with van der Waals surface area (Å²) >= 11 is 0. The summed E-state index contributed by atoms with van der Waals surface area (Å²) in [6.45, 7) is 8.41. The average molecular weight is 353 g/mol. The van der Waals surface area contributed by atoms with Gasteiger partial charge in [-0.25, -0.2) is 0 Å². The molecule has 0 saturated carbocycles. The van der Waals surface area contributed by atoms with Crippen molar-refractivity contribution in [1.82, 2.24) is 0 Å². The standard InChI is InChI=1S/C13H26O5.Zr/c1-5-8-16-12(17-9-6-2)13(4,11(14)15)18-10-7-3;/h12H,5-10H2,1-4H3,(H,14,15);/p-1. The molecule has 0 aliphatic heterocycles. The van der Waals surface area contributed by atoms with Crippen LogP contribution >= 0.6 is 0 Å². The van der Waals surface area contributed by atoms with E-state index < -0.39 is 17.9 Å². The maximum Gasteiger partial charge on any atom is 0.191 e. The third kappa shape index (κ3) is 7.55. The molecule has 0 bridgehead atoms. The molecule has 0 aromatic rings. The molecule has 0 aromatic heterocycles. The predicted molar refractivity (Wildman–Crippen MR) is 65.9 cm³/mol. The molecule has 0 N–H and O–H groups in total. The molecule has 5 nitrogen and oxygen atoms in total. The van der Waals surface area contributed by atoms with Crippen molar-refractivity contribution in [2.75, 3.05) is 19.8 Å². The largest absolute Gasteiger partial charge is 0.547 e. The molecule has 1 atom stereocenters. The maximum absolute atomic E-state index is 11.3. The van der Waals surface area contributed by atoms with Gasteiger partial charge in [-0.1, -0.05) is 20.8 Å². The topological polar surface area (TPSA) is 67.8 Å². The van der Waals surface area contributed by atoms with Gasteiger partial charge in [-0.15, -0.1) is 0 Å². The van der Waals surface area contributed by atoms with Crippen molar-refractivity contribution in [2.24, 2.45) is 0 Å². The predicted octanol–water partition coefficient (Wildman–Crippen LogP) is 1.10. The van der Waals surface area contributed by atoms with E-state index in [2.05, 4.69) is 0 Å². The number of hydrogen-bond donors (Lipinski definition) is 0. The molecule has 1 unspecified atom stereocenters. The van der Waals surface area contributed by atoms with Crippen molar-refractivity contribution in [3.63, 3.8) is 0 Å². The Morgan fingerprint density at radius 2 is 1.47 bits per heavy atom. The number of ether oxygens (including phenoxy) is 3. The van der Waals surface area contributed by atoms with Gasteiger partial charge < -0.3 is 24.1 Å². The fraction of sp³-hybridized carbons (Fsp3) is 0.923. The fourth-order valence-electron chi connectivity index (χ4n) is 1.35. The molecule has 112 valence electrons. The van der Waals surface area contributed by atoms with Gasteiger partial charge in [-0.2, -0.15) is 0 Å². The first-order valence-electron chi connectivity index (χ1n) is 6.61.